The van der Waals surface area contributed by atoms with Crippen molar-refractivity contribution in [3.63, 3.8) is 0 Å². The maximum Gasteiger partial charge on any atom is 0.336 e. The van der Waals surface area contributed by atoms with E-state index in [1.807, 2.05) is 61.5 Å². The molecular formula is C32H28ClN3O4. The molecule has 0 aliphatic carbocycles. The molecule has 0 saturated carbocycles. The van der Waals surface area contributed by atoms with Crippen LogP contribution < -0.4 is 10.1 Å². The highest BCUT2D eigenvalue weighted by Crippen LogP contribution is 2.36. The minimum Gasteiger partial charge on any atom is -0.496 e. The Morgan fingerprint density at radius 3 is 2.48 bits per heavy atom. The topological polar surface area (TPSA) is 104 Å². The summed E-state index contributed by atoms with van der Waals surface area (Å²) in [5.74, 6) is -0.260. The van der Waals surface area contributed by atoms with Crippen LogP contribution in [0.1, 0.15) is 52.1 Å². The maximum atomic E-state index is 13.4. The molecule has 3 N–H and O–H groups in total. The Balaban J connectivity index is 1.54. The highest BCUT2D eigenvalue weighted by atomic mass is 35.5. The third kappa shape index (κ3) is 5.42. The molecule has 0 fully saturated rings. The first-order valence-corrected chi connectivity index (χ1v) is 13.3. The first-order valence-electron chi connectivity index (χ1n) is 13.0. The van der Waals surface area contributed by atoms with Gasteiger partial charge in [-0.3, -0.25) is 4.79 Å². The van der Waals surface area contributed by atoms with E-state index in [1.165, 1.54) is 6.07 Å². The summed E-state index contributed by atoms with van der Waals surface area (Å²) in [6.45, 7) is 2.04. The van der Waals surface area contributed by atoms with Crippen LogP contribution in [0, 0.1) is 0 Å². The molecule has 1 aromatic heterocycles. The van der Waals surface area contributed by atoms with E-state index in [4.69, 9.17) is 21.3 Å². The van der Waals surface area contributed by atoms with Gasteiger partial charge < -0.3 is 20.1 Å². The molecule has 0 radical (unpaired) electrons. The number of nitrogens with one attached hydrogen (secondary N) is 2. The Morgan fingerprint density at radius 1 is 0.975 bits per heavy atom. The minimum absolute atomic E-state index is 0.0170. The lowest BCUT2D eigenvalue weighted by molar-refractivity contribution is 0.0697. The number of halogens is 1. The van der Waals surface area contributed by atoms with E-state index < -0.39 is 5.97 Å². The van der Waals surface area contributed by atoms with Gasteiger partial charge in [-0.1, -0.05) is 61.3 Å². The monoisotopic (exact) mass is 553 g/mol. The van der Waals surface area contributed by atoms with Crippen LogP contribution in [0.5, 0.6) is 5.75 Å². The van der Waals surface area contributed by atoms with Gasteiger partial charge in [0.2, 0.25) is 0 Å². The summed E-state index contributed by atoms with van der Waals surface area (Å²) in [6, 6.07) is 24.8. The zero-order valence-electron chi connectivity index (χ0n) is 22.1. The van der Waals surface area contributed by atoms with Crippen molar-refractivity contribution in [3.05, 3.63) is 107 Å². The van der Waals surface area contributed by atoms with Crippen LogP contribution in [-0.4, -0.2) is 34.1 Å². The Kier molecular flexibility index (Phi) is 7.84. The molecular weight excluding hydrogens is 526 g/mol. The zero-order chi connectivity index (χ0) is 28.2. The molecule has 0 saturated heterocycles. The third-order valence-corrected chi connectivity index (χ3v) is 7.06. The molecule has 0 spiro atoms. The number of H-pyrrole nitrogens is 1. The van der Waals surface area contributed by atoms with Gasteiger partial charge in [-0.05, 0) is 66.1 Å². The molecule has 4 aromatic carbocycles. The largest absolute Gasteiger partial charge is 0.496 e. The van der Waals surface area contributed by atoms with E-state index >= 15 is 0 Å². The molecule has 8 heteroatoms. The quantitative estimate of drug-likeness (QED) is 0.175. The van der Waals surface area contributed by atoms with Crippen LogP contribution in [-0.2, 0) is 0 Å². The Labute approximate surface area is 236 Å². The maximum absolute atomic E-state index is 13.4. The number of carboxylic acids is 1. The molecule has 0 bridgehead atoms. The molecule has 1 unspecified atom stereocenters. The van der Waals surface area contributed by atoms with Gasteiger partial charge in [-0.2, -0.15) is 0 Å². The lowest BCUT2D eigenvalue weighted by atomic mass is 9.93. The van der Waals surface area contributed by atoms with E-state index in [0.717, 1.165) is 23.0 Å². The van der Waals surface area contributed by atoms with Crippen LogP contribution in [0.2, 0.25) is 5.02 Å². The number of hydrogen-bond acceptors (Lipinski definition) is 4. The number of carbonyl (C=O) groups excluding carboxylic acids is 1. The van der Waals surface area contributed by atoms with Crippen LogP contribution in [0.4, 0.5) is 0 Å². The number of rotatable bonds is 9. The molecule has 0 aliphatic rings. The molecule has 1 amide bonds. The van der Waals surface area contributed by atoms with Crippen molar-refractivity contribution in [1.82, 2.24) is 15.3 Å². The number of methoxy groups -OCH3 is 1. The Morgan fingerprint density at radius 2 is 1.73 bits per heavy atom. The number of aromatic carboxylic acids is 1. The van der Waals surface area contributed by atoms with Gasteiger partial charge in [0.05, 0.1) is 29.7 Å². The zero-order valence-corrected chi connectivity index (χ0v) is 22.8. The summed E-state index contributed by atoms with van der Waals surface area (Å²) in [7, 11) is 1.59. The Hall–Kier alpha value is -4.62. The molecule has 7 nitrogen and oxygen atoms in total. The first kappa shape index (κ1) is 27.0. The predicted octanol–water partition coefficient (Wildman–Crippen LogP) is 7.53. The number of amides is 1. The average Bonchev–Trinajstić information content (AvgIpc) is 3.40. The summed E-state index contributed by atoms with van der Waals surface area (Å²) >= 11 is 6.36. The lowest BCUT2D eigenvalue weighted by Crippen LogP contribution is -2.29. The van der Waals surface area contributed by atoms with Crippen molar-refractivity contribution in [2.45, 2.75) is 25.8 Å². The smallest absolute Gasteiger partial charge is 0.336 e. The first-order chi connectivity index (χ1) is 19.4. The number of carbonyl (C=O) groups is 2. The fourth-order valence-electron chi connectivity index (χ4n) is 4.91. The van der Waals surface area contributed by atoms with Gasteiger partial charge in [0.1, 0.15) is 11.6 Å². The normalized spacial score (nSPS) is 11.8. The van der Waals surface area contributed by atoms with Gasteiger partial charge in [-0.15, -0.1) is 0 Å². The summed E-state index contributed by atoms with van der Waals surface area (Å²) in [5, 5.41) is 13.7. The number of imidazole rings is 1. The van der Waals surface area contributed by atoms with Gasteiger partial charge in [0, 0.05) is 21.7 Å². The van der Waals surface area contributed by atoms with Crippen LogP contribution in [0.25, 0.3) is 33.5 Å². The van der Waals surface area contributed by atoms with Crippen molar-refractivity contribution < 1.29 is 19.4 Å². The molecule has 1 atom stereocenters. The van der Waals surface area contributed by atoms with Gasteiger partial charge in [0.15, 0.2) is 0 Å². The number of fused-ring (bicyclic) bond motifs is 1. The molecule has 1 heterocycles. The van der Waals surface area contributed by atoms with E-state index in [1.54, 1.807) is 31.4 Å². The van der Waals surface area contributed by atoms with E-state index in [0.29, 0.717) is 39.7 Å². The molecule has 5 aromatic rings. The molecule has 5 rings (SSSR count). The standard InChI is InChI=1S/C32H28ClN3O4/c1-3-8-26(23-9-4-7-12-29(23)40-2)36-31(37)19-13-15-21(25(17-19)32(38)39)24-18-20(33)14-16-22(24)30-34-27-10-5-6-11-28(27)35-30/h4-7,9-18,26H,3,8H2,1-2H3,(H,34,35)(H,36,37)(H,38,39). The molecule has 40 heavy (non-hydrogen) atoms. The summed E-state index contributed by atoms with van der Waals surface area (Å²) < 4.78 is 5.50. The number of aromatic amines is 1. The second-order valence-corrected chi connectivity index (χ2v) is 9.85. The number of nitrogens with zero attached hydrogens (tertiary/aromatic N) is 1. The highest BCUT2D eigenvalue weighted by molar-refractivity contribution is 6.31. The lowest BCUT2D eigenvalue weighted by Gasteiger charge is -2.21. The predicted molar refractivity (Wildman–Crippen MR) is 157 cm³/mol. The molecule has 0 aliphatic heterocycles. The van der Waals surface area contributed by atoms with Crippen LogP contribution in [0.15, 0.2) is 84.9 Å². The number of benzene rings is 4. The van der Waals surface area contributed by atoms with E-state index in [9.17, 15) is 14.7 Å². The number of para-hydroxylation sites is 3. The SMILES string of the molecule is CCCC(NC(=O)c1ccc(-c2cc(Cl)ccc2-c2nc3ccccc3[nH]2)c(C(=O)O)c1)c1ccccc1OC. The van der Waals surface area contributed by atoms with Gasteiger partial charge in [0.25, 0.3) is 5.91 Å². The van der Waals surface area contributed by atoms with Crippen LogP contribution in [0.3, 0.4) is 0 Å². The van der Waals surface area contributed by atoms with Gasteiger partial charge in [-0.25, -0.2) is 9.78 Å². The number of hydrogen-bond donors (Lipinski definition) is 3. The van der Waals surface area contributed by atoms with Crippen molar-refractivity contribution >= 4 is 34.5 Å². The summed E-state index contributed by atoms with van der Waals surface area (Å²) in [4.78, 5) is 33.8. The van der Waals surface area contributed by atoms with Crippen molar-refractivity contribution in [1.29, 1.82) is 0 Å². The van der Waals surface area contributed by atoms with Crippen LogP contribution >= 0.6 is 11.6 Å². The van der Waals surface area contributed by atoms with Gasteiger partial charge >= 0.3 is 5.97 Å². The van der Waals surface area contributed by atoms with Crippen molar-refractivity contribution in [2.24, 2.45) is 0 Å². The highest BCUT2D eigenvalue weighted by Gasteiger charge is 2.22. The van der Waals surface area contributed by atoms with E-state index in [-0.39, 0.29) is 23.1 Å². The third-order valence-electron chi connectivity index (χ3n) is 6.83. The second kappa shape index (κ2) is 11.6. The van der Waals surface area contributed by atoms with Crippen molar-refractivity contribution in [2.75, 3.05) is 7.11 Å². The minimum atomic E-state index is -1.16. The summed E-state index contributed by atoms with van der Waals surface area (Å²) in [6.07, 6.45) is 1.53. The van der Waals surface area contributed by atoms with Crippen molar-refractivity contribution in [3.8, 4) is 28.3 Å². The number of carboxylic acid groups (broad SMARTS) is 1. The molecule has 202 valence electrons. The summed E-state index contributed by atoms with van der Waals surface area (Å²) in [5.41, 5.74) is 4.46. The fourth-order valence-corrected chi connectivity index (χ4v) is 5.09. The fraction of sp³-hybridized carbons (Fsp3) is 0.156. The number of aromatic nitrogens is 2. The van der Waals surface area contributed by atoms with E-state index in [2.05, 4.69) is 10.3 Å². The average molecular weight is 554 g/mol. The number of ether oxygens (including phenoxy) is 1. The second-order valence-electron chi connectivity index (χ2n) is 9.41. The Bertz CT molecular complexity index is 1680.